The van der Waals surface area contributed by atoms with Crippen LogP contribution in [0.5, 0.6) is 0 Å². The number of pyridine rings is 2. The fraction of sp³-hybridized carbons (Fsp3) is 0. The molecule has 1 aliphatic rings. The van der Waals surface area contributed by atoms with E-state index in [0.29, 0.717) is 0 Å². The van der Waals surface area contributed by atoms with Crippen LogP contribution in [0.4, 0.5) is 0 Å². The van der Waals surface area contributed by atoms with Gasteiger partial charge in [0.1, 0.15) is 0 Å². The number of fused-ring (bicyclic) bond motifs is 4. The van der Waals surface area contributed by atoms with E-state index in [-0.39, 0.29) is 0 Å². The van der Waals surface area contributed by atoms with E-state index in [1.54, 1.807) is 0 Å². The van der Waals surface area contributed by atoms with E-state index < -0.39 is 0 Å². The third kappa shape index (κ3) is 4.43. The lowest BCUT2D eigenvalue weighted by Crippen LogP contribution is -1.93. The van der Waals surface area contributed by atoms with Gasteiger partial charge in [-0.25, -0.2) is 0 Å². The number of aromatic nitrogens is 2. The number of benzene rings is 7. The molecule has 0 atom stereocenters. The van der Waals surface area contributed by atoms with Crippen LogP contribution in [0, 0.1) is 0 Å². The molecule has 9 aromatic rings. The zero-order valence-electron chi connectivity index (χ0n) is 27.2. The predicted molar refractivity (Wildman–Crippen MR) is 209 cm³/mol. The average molecular weight is 635 g/mol. The fourth-order valence-corrected chi connectivity index (χ4v) is 8.01. The number of hydrogen-bond acceptors (Lipinski definition) is 2. The van der Waals surface area contributed by atoms with E-state index in [4.69, 9.17) is 9.97 Å². The van der Waals surface area contributed by atoms with Crippen LogP contribution in [0.1, 0.15) is 0 Å². The summed E-state index contributed by atoms with van der Waals surface area (Å²) in [4.78, 5) is 9.46. The molecule has 0 aliphatic heterocycles. The van der Waals surface area contributed by atoms with E-state index in [2.05, 4.69) is 146 Å². The van der Waals surface area contributed by atoms with Gasteiger partial charge in [0.15, 0.2) is 0 Å². The minimum Gasteiger partial charge on any atom is -0.256 e. The molecule has 0 saturated heterocycles. The average Bonchev–Trinajstić information content (AvgIpc) is 3.53. The largest absolute Gasteiger partial charge is 0.256 e. The van der Waals surface area contributed by atoms with Crippen molar-refractivity contribution in [1.29, 1.82) is 0 Å². The molecule has 2 heteroatoms. The maximum absolute atomic E-state index is 4.73. The van der Waals surface area contributed by atoms with Gasteiger partial charge >= 0.3 is 0 Å². The van der Waals surface area contributed by atoms with Crippen molar-refractivity contribution < 1.29 is 0 Å². The molecule has 7 aromatic carbocycles. The first-order chi connectivity index (χ1) is 24.8. The second-order valence-electron chi connectivity index (χ2n) is 12.9. The lowest BCUT2D eigenvalue weighted by Gasteiger charge is -2.20. The van der Waals surface area contributed by atoms with Crippen LogP contribution in [0.25, 0.3) is 99.7 Å². The van der Waals surface area contributed by atoms with E-state index in [1.165, 1.54) is 71.6 Å². The van der Waals surface area contributed by atoms with E-state index in [1.807, 2.05) is 36.7 Å². The SMILES string of the molecule is c1ccc(-c2c3c(c(-c4ccccc4)c4ccccc24)-c2ccc(-c4cc(-c5ccccn5)cc(-c5ccccn5)c4)c4cccc-3c24)cc1. The predicted octanol–water partition coefficient (Wildman–Crippen LogP) is 12.8. The highest BCUT2D eigenvalue weighted by atomic mass is 14.7. The molecule has 2 heterocycles. The van der Waals surface area contributed by atoms with Crippen molar-refractivity contribution in [2.24, 2.45) is 0 Å². The van der Waals surface area contributed by atoms with Crippen molar-refractivity contribution in [2.75, 3.05) is 0 Å². The Morgan fingerprint density at radius 3 is 1.28 bits per heavy atom. The second-order valence-corrected chi connectivity index (χ2v) is 12.9. The summed E-state index contributed by atoms with van der Waals surface area (Å²) in [7, 11) is 0. The van der Waals surface area contributed by atoms with Crippen LogP contribution in [-0.2, 0) is 0 Å². The summed E-state index contributed by atoms with van der Waals surface area (Å²) in [6.07, 6.45) is 3.72. The zero-order chi connectivity index (χ0) is 33.0. The van der Waals surface area contributed by atoms with Crippen molar-refractivity contribution in [3.05, 3.63) is 182 Å². The molecule has 50 heavy (non-hydrogen) atoms. The van der Waals surface area contributed by atoms with Crippen LogP contribution in [0.15, 0.2) is 182 Å². The molecule has 2 aromatic heterocycles. The zero-order valence-corrected chi connectivity index (χ0v) is 27.2. The van der Waals surface area contributed by atoms with Gasteiger partial charge < -0.3 is 0 Å². The molecule has 0 amide bonds. The maximum atomic E-state index is 4.73. The molecule has 0 N–H and O–H groups in total. The Hall–Kier alpha value is -6.64. The van der Waals surface area contributed by atoms with Crippen molar-refractivity contribution in [3.8, 4) is 78.1 Å². The molecule has 10 rings (SSSR count). The molecule has 0 spiro atoms. The normalized spacial score (nSPS) is 11.6. The molecule has 0 fully saturated rings. The van der Waals surface area contributed by atoms with Crippen molar-refractivity contribution in [1.82, 2.24) is 9.97 Å². The molecule has 0 radical (unpaired) electrons. The summed E-state index contributed by atoms with van der Waals surface area (Å²) in [6.45, 7) is 0. The Kier molecular flexibility index (Phi) is 6.53. The highest BCUT2D eigenvalue weighted by Gasteiger charge is 2.31. The maximum Gasteiger partial charge on any atom is 0.0702 e. The smallest absolute Gasteiger partial charge is 0.0702 e. The van der Waals surface area contributed by atoms with E-state index in [9.17, 15) is 0 Å². The molecular formula is C48H30N2. The Labute approximate surface area is 291 Å². The lowest BCUT2D eigenvalue weighted by molar-refractivity contribution is 1.31. The van der Waals surface area contributed by atoms with Gasteiger partial charge in [0.2, 0.25) is 0 Å². The van der Waals surface area contributed by atoms with Gasteiger partial charge in [-0.1, -0.05) is 127 Å². The molecular weight excluding hydrogens is 605 g/mol. The highest BCUT2D eigenvalue weighted by molar-refractivity contribution is 6.28. The Morgan fingerprint density at radius 1 is 0.280 bits per heavy atom. The van der Waals surface area contributed by atoms with E-state index in [0.717, 1.165) is 28.1 Å². The van der Waals surface area contributed by atoms with Gasteiger partial charge in [0.05, 0.1) is 11.4 Å². The van der Waals surface area contributed by atoms with Crippen molar-refractivity contribution in [2.45, 2.75) is 0 Å². The fourth-order valence-electron chi connectivity index (χ4n) is 8.01. The third-order valence-corrected chi connectivity index (χ3v) is 10.1. The topological polar surface area (TPSA) is 25.8 Å². The van der Waals surface area contributed by atoms with Crippen LogP contribution >= 0.6 is 0 Å². The summed E-state index contributed by atoms with van der Waals surface area (Å²) < 4.78 is 0. The van der Waals surface area contributed by atoms with Gasteiger partial charge in [-0.3, -0.25) is 9.97 Å². The first kappa shape index (κ1) is 28.4. The van der Waals surface area contributed by atoms with E-state index >= 15 is 0 Å². The number of nitrogens with zero attached hydrogens (tertiary/aromatic N) is 2. The molecule has 1 aliphatic carbocycles. The van der Waals surface area contributed by atoms with Gasteiger partial charge in [0, 0.05) is 23.5 Å². The molecule has 232 valence electrons. The minimum absolute atomic E-state index is 0.941. The second kappa shape index (κ2) is 11.5. The summed E-state index contributed by atoms with van der Waals surface area (Å²) in [5.74, 6) is 0. The molecule has 0 bridgehead atoms. The standard InChI is InChI=1S/C48H30N2/c1-3-14-31(15-4-1)44-38-18-7-8-19-39(38)45(32-16-5-2-6-17-32)48-41-25-24-36(37-20-13-21-40(46(37)41)47(44)48)33-28-34(42-22-9-11-26-49-42)30-35(29-33)43-23-10-12-27-50-43/h1-30H. The monoisotopic (exact) mass is 634 g/mol. The van der Waals surface area contributed by atoms with Crippen molar-refractivity contribution in [3.63, 3.8) is 0 Å². The van der Waals surface area contributed by atoms with Crippen molar-refractivity contribution >= 4 is 21.5 Å². The summed E-state index contributed by atoms with van der Waals surface area (Å²) >= 11 is 0. The first-order valence-corrected chi connectivity index (χ1v) is 17.1. The first-order valence-electron chi connectivity index (χ1n) is 17.1. The lowest BCUT2D eigenvalue weighted by atomic mass is 9.82. The Balaban J connectivity index is 1.30. The van der Waals surface area contributed by atoms with Gasteiger partial charge in [-0.2, -0.15) is 0 Å². The highest BCUT2D eigenvalue weighted by Crippen LogP contribution is 2.58. The Bertz CT molecular complexity index is 2570. The number of rotatable bonds is 5. The summed E-state index contributed by atoms with van der Waals surface area (Å²) in [5.41, 5.74) is 16.6. The van der Waals surface area contributed by atoms with Crippen LogP contribution in [-0.4, -0.2) is 9.97 Å². The summed E-state index contributed by atoms with van der Waals surface area (Å²) in [6, 6.07) is 61.2. The Morgan fingerprint density at radius 2 is 0.740 bits per heavy atom. The molecule has 0 unspecified atom stereocenters. The van der Waals surface area contributed by atoms with Crippen LogP contribution in [0.2, 0.25) is 0 Å². The third-order valence-electron chi connectivity index (χ3n) is 10.1. The quantitative estimate of drug-likeness (QED) is 0.188. The summed E-state index contributed by atoms with van der Waals surface area (Å²) in [5, 5.41) is 5.07. The minimum atomic E-state index is 0.941. The van der Waals surface area contributed by atoms with Gasteiger partial charge in [-0.05, 0) is 120 Å². The van der Waals surface area contributed by atoms with Crippen LogP contribution < -0.4 is 0 Å². The number of hydrogen-bond donors (Lipinski definition) is 0. The molecule has 2 nitrogen and oxygen atoms in total. The van der Waals surface area contributed by atoms with Gasteiger partial charge in [0.25, 0.3) is 0 Å². The molecule has 0 saturated carbocycles. The van der Waals surface area contributed by atoms with Crippen LogP contribution in [0.3, 0.4) is 0 Å². The van der Waals surface area contributed by atoms with Gasteiger partial charge in [-0.15, -0.1) is 0 Å².